The number of halogens is 2. The number of carbonyl (C=O) groups excluding carboxylic acids is 2. The zero-order chi connectivity index (χ0) is 17.1. The molecule has 124 valence electrons. The Morgan fingerprint density at radius 1 is 1.17 bits per heavy atom. The predicted octanol–water partition coefficient (Wildman–Crippen LogP) is 3.11. The molecule has 0 saturated heterocycles. The van der Waals surface area contributed by atoms with Crippen molar-refractivity contribution in [3.05, 3.63) is 52.3 Å². The van der Waals surface area contributed by atoms with Gasteiger partial charge in [0.15, 0.2) is 18.1 Å². The van der Waals surface area contributed by atoms with Gasteiger partial charge in [-0.1, -0.05) is 15.9 Å². The van der Waals surface area contributed by atoms with Crippen LogP contribution in [0.3, 0.4) is 0 Å². The van der Waals surface area contributed by atoms with Crippen LogP contribution in [0.5, 0.6) is 11.5 Å². The Bertz CT molecular complexity index is 811. The molecule has 1 amide bonds. The van der Waals surface area contributed by atoms with Crippen molar-refractivity contribution in [2.75, 3.05) is 18.7 Å². The molecule has 1 aliphatic heterocycles. The number of anilines is 1. The summed E-state index contributed by atoms with van der Waals surface area (Å²) in [5.74, 6) is -1.10. The molecule has 0 bridgehead atoms. The molecule has 0 spiro atoms. The van der Waals surface area contributed by atoms with E-state index < -0.39 is 24.3 Å². The van der Waals surface area contributed by atoms with Gasteiger partial charge in [0.05, 0.1) is 5.56 Å². The van der Waals surface area contributed by atoms with Crippen LogP contribution in [0.15, 0.2) is 40.9 Å². The van der Waals surface area contributed by atoms with Crippen LogP contribution in [0.25, 0.3) is 0 Å². The molecule has 0 fully saturated rings. The predicted molar refractivity (Wildman–Crippen MR) is 85.6 cm³/mol. The molecule has 1 aliphatic rings. The number of hydrogen-bond acceptors (Lipinski definition) is 5. The molecular weight excluding hydrogens is 385 g/mol. The lowest BCUT2D eigenvalue weighted by molar-refractivity contribution is -0.119. The maximum Gasteiger partial charge on any atom is 0.341 e. The van der Waals surface area contributed by atoms with Crippen LogP contribution >= 0.6 is 15.9 Å². The van der Waals surface area contributed by atoms with Gasteiger partial charge in [0, 0.05) is 16.2 Å². The molecule has 0 radical (unpaired) electrons. The molecule has 1 heterocycles. The van der Waals surface area contributed by atoms with Gasteiger partial charge in [0.1, 0.15) is 5.82 Å². The highest BCUT2D eigenvalue weighted by Crippen LogP contribution is 2.34. The van der Waals surface area contributed by atoms with Crippen molar-refractivity contribution < 1.29 is 28.2 Å². The number of ether oxygens (including phenoxy) is 3. The average Bonchev–Trinajstić information content (AvgIpc) is 3.02. The highest BCUT2D eigenvalue weighted by Gasteiger charge is 2.17. The summed E-state index contributed by atoms with van der Waals surface area (Å²) in [7, 11) is 0. The fraction of sp³-hybridized carbons (Fsp3) is 0.125. The first-order chi connectivity index (χ1) is 11.5. The standard InChI is InChI=1S/C16H11BrFNO5/c17-9-1-3-12(18)11(5-9)16(21)22-7-15(20)19-10-2-4-13-14(6-10)24-8-23-13/h1-6H,7-8H2,(H,19,20). The first kappa shape index (κ1) is 16.3. The minimum atomic E-state index is -0.922. The van der Waals surface area contributed by atoms with Gasteiger partial charge in [-0.3, -0.25) is 4.79 Å². The smallest absolute Gasteiger partial charge is 0.341 e. The van der Waals surface area contributed by atoms with Crippen LogP contribution in [0, 0.1) is 5.82 Å². The number of rotatable bonds is 4. The van der Waals surface area contributed by atoms with Gasteiger partial charge in [-0.25, -0.2) is 9.18 Å². The molecule has 0 aromatic heterocycles. The number of esters is 1. The molecule has 0 saturated carbocycles. The fourth-order valence-corrected chi connectivity index (χ4v) is 2.40. The Morgan fingerprint density at radius 2 is 1.96 bits per heavy atom. The van der Waals surface area contributed by atoms with Crippen LogP contribution in [0.1, 0.15) is 10.4 Å². The summed E-state index contributed by atoms with van der Waals surface area (Å²) in [5.41, 5.74) is 0.217. The van der Waals surface area contributed by atoms with Gasteiger partial charge in [0.2, 0.25) is 6.79 Å². The van der Waals surface area contributed by atoms with E-state index in [1.54, 1.807) is 18.2 Å². The molecule has 24 heavy (non-hydrogen) atoms. The third kappa shape index (κ3) is 3.65. The van der Waals surface area contributed by atoms with E-state index in [-0.39, 0.29) is 12.4 Å². The van der Waals surface area contributed by atoms with Crippen LogP contribution in [-0.2, 0) is 9.53 Å². The van der Waals surface area contributed by atoms with E-state index in [0.29, 0.717) is 21.7 Å². The maximum atomic E-state index is 13.6. The van der Waals surface area contributed by atoms with Gasteiger partial charge < -0.3 is 19.5 Å². The van der Waals surface area contributed by atoms with Crippen LogP contribution < -0.4 is 14.8 Å². The summed E-state index contributed by atoms with van der Waals surface area (Å²) in [4.78, 5) is 23.7. The fourth-order valence-electron chi connectivity index (χ4n) is 2.03. The highest BCUT2D eigenvalue weighted by molar-refractivity contribution is 9.10. The quantitative estimate of drug-likeness (QED) is 0.805. The summed E-state index contributed by atoms with van der Waals surface area (Å²) >= 11 is 3.14. The summed E-state index contributed by atoms with van der Waals surface area (Å²) in [6.45, 7) is -0.415. The van der Waals surface area contributed by atoms with Gasteiger partial charge >= 0.3 is 5.97 Å². The summed E-state index contributed by atoms with van der Waals surface area (Å²) in [6, 6.07) is 8.75. The Balaban J connectivity index is 1.57. The lowest BCUT2D eigenvalue weighted by Crippen LogP contribution is -2.21. The normalized spacial score (nSPS) is 11.9. The number of benzene rings is 2. The Labute approximate surface area is 144 Å². The van der Waals surface area contributed by atoms with Crippen LogP contribution in [-0.4, -0.2) is 25.3 Å². The maximum absolute atomic E-state index is 13.6. The monoisotopic (exact) mass is 395 g/mol. The van der Waals surface area contributed by atoms with Gasteiger partial charge in [0.25, 0.3) is 5.91 Å². The molecule has 2 aromatic carbocycles. The van der Waals surface area contributed by atoms with Crippen molar-refractivity contribution in [2.24, 2.45) is 0 Å². The SMILES string of the molecule is O=C(COC(=O)c1cc(Br)ccc1F)Nc1ccc2c(c1)OCO2. The molecule has 6 nitrogen and oxygen atoms in total. The van der Waals surface area contributed by atoms with Crippen molar-refractivity contribution in [1.82, 2.24) is 0 Å². The zero-order valence-corrected chi connectivity index (χ0v) is 13.8. The largest absolute Gasteiger partial charge is 0.454 e. The molecule has 0 aliphatic carbocycles. The van der Waals surface area contributed by atoms with E-state index in [1.807, 2.05) is 0 Å². The topological polar surface area (TPSA) is 73.9 Å². The average molecular weight is 396 g/mol. The summed E-state index contributed by atoms with van der Waals surface area (Å²) < 4.78 is 29.3. The second kappa shape index (κ2) is 6.88. The molecule has 2 aromatic rings. The molecular formula is C16H11BrFNO5. The summed E-state index contributed by atoms with van der Waals surface area (Å²) in [6.07, 6.45) is 0. The lowest BCUT2D eigenvalue weighted by atomic mass is 10.2. The van der Waals surface area contributed by atoms with Crippen molar-refractivity contribution in [2.45, 2.75) is 0 Å². The van der Waals surface area contributed by atoms with Crippen molar-refractivity contribution >= 4 is 33.5 Å². The van der Waals surface area contributed by atoms with Crippen molar-refractivity contribution in [3.63, 3.8) is 0 Å². The number of hydrogen-bond donors (Lipinski definition) is 1. The molecule has 8 heteroatoms. The van der Waals surface area contributed by atoms with Crippen molar-refractivity contribution in [1.29, 1.82) is 0 Å². The van der Waals surface area contributed by atoms with E-state index in [0.717, 1.165) is 6.07 Å². The van der Waals surface area contributed by atoms with Gasteiger partial charge in [-0.05, 0) is 30.3 Å². The number of nitrogens with one attached hydrogen (secondary N) is 1. The third-order valence-electron chi connectivity index (χ3n) is 3.14. The number of fused-ring (bicyclic) bond motifs is 1. The lowest BCUT2D eigenvalue weighted by Gasteiger charge is -2.08. The number of carbonyl (C=O) groups is 2. The second-order valence-electron chi connectivity index (χ2n) is 4.82. The second-order valence-corrected chi connectivity index (χ2v) is 5.73. The van der Waals surface area contributed by atoms with E-state index in [1.165, 1.54) is 12.1 Å². The summed E-state index contributed by atoms with van der Waals surface area (Å²) in [5, 5.41) is 2.55. The third-order valence-corrected chi connectivity index (χ3v) is 3.63. The zero-order valence-electron chi connectivity index (χ0n) is 12.2. The Kier molecular flexibility index (Phi) is 4.66. The molecule has 1 N–H and O–H groups in total. The van der Waals surface area contributed by atoms with E-state index in [9.17, 15) is 14.0 Å². The van der Waals surface area contributed by atoms with E-state index >= 15 is 0 Å². The first-order valence-corrected chi connectivity index (χ1v) is 7.64. The Hall–Kier alpha value is -2.61. The minimum absolute atomic E-state index is 0.128. The molecule has 0 unspecified atom stereocenters. The minimum Gasteiger partial charge on any atom is -0.454 e. The van der Waals surface area contributed by atoms with E-state index in [4.69, 9.17) is 14.2 Å². The number of amides is 1. The van der Waals surface area contributed by atoms with Crippen LogP contribution in [0.2, 0.25) is 0 Å². The van der Waals surface area contributed by atoms with Gasteiger partial charge in [-0.15, -0.1) is 0 Å². The van der Waals surface area contributed by atoms with Gasteiger partial charge in [-0.2, -0.15) is 0 Å². The van der Waals surface area contributed by atoms with Crippen molar-refractivity contribution in [3.8, 4) is 11.5 Å². The molecule has 3 rings (SSSR count). The van der Waals surface area contributed by atoms with E-state index in [2.05, 4.69) is 21.2 Å². The van der Waals surface area contributed by atoms with Crippen LogP contribution in [0.4, 0.5) is 10.1 Å². The molecule has 0 atom stereocenters. The first-order valence-electron chi connectivity index (χ1n) is 6.84. The Morgan fingerprint density at radius 3 is 2.79 bits per heavy atom. The highest BCUT2D eigenvalue weighted by atomic mass is 79.9.